The van der Waals surface area contributed by atoms with Crippen LogP contribution in [0.2, 0.25) is 0 Å². The third-order valence-electron chi connectivity index (χ3n) is 5.55. The molecule has 1 heterocycles. The fourth-order valence-electron chi connectivity index (χ4n) is 3.77. The van der Waals surface area contributed by atoms with Crippen LogP contribution in [-0.4, -0.2) is 47.8 Å². The number of hydrogen-bond donors (Lipinski definition) is 3. The predicted octanol–water partition coefficient (Wildman–Crippen LogP) is 3.44. The Morgan fingerprint density at radius 2 is 1.53 bits per heavy atom. The topological polar surface area (TPSA) is 117 Å². The molecule has 0 radical (unpaired) electrons. The number of nitrogens with one attached hydrogen (secondary N) is 3. The molecule has 1 atom stereocenters. The van der Waals surface area contributed by atoms with Gasteiger partial charge in [0, 0.05) is 23.4 Å². The number of imide groups is 1. The van der Waals surface area contributed by atoms with E-state index in [4.69, 9.17) is 4.74 Å². The number of ether oxygens (including phenoxy) is 1. The van der Waals surface area contributed by atoms with Gasteiger partial charge in [-0.05, 0) is 61.0 Å². The largest absolute Gasteiger partial charge is 0.494 e. The van der Waals surface area contributed by atoms with Gasteiger partial charge in [-0.15, -0.1) is 0 Å². The van der Waals surface area contributed by atoms with E-state index in [1.54, 1.807) is 48.5 Å². The van der Waals surface area contributed by atoms with E-state index in [0.29, 0.717) is 30.0 Å². The second-order valence-electron chi connectivity index (χ2n) is 8.15. The van der Waals surface area contributed by atoms with Crippen molar-refractivity contribution in [3.63, 3.8) is 0 Å². The Kier molecular flexibility index (Phi) is 7.60. The Bertz CT molecular complexity index is 1240. The Balaban J connectivity index is 1.29. The molecule has 3 N–H and O–H groups in total. The van der Waals surface area contributed by atoms with Gasteiger partial charge in [-0.2, -0.15) is 0 Å². The maximum atomic E-state index is 12.6. The Labute approximate surface area is 208 Å². The number of hydrogen-bond acceptors (Lipinski definition) is 5. The highest BCUT2D eigenvalue weighted by atomic mass is 16.5. The average molecular weight is 487 g/mol. The van der Waals surface area contributed by atoms with E-state index in [-0.39, 0.29) is 5.91 Å². The normalized spacial score (nSPS) is 14.8. The van der Waals surface area contributed by atoms with Crippen molar-refractivity contribution in [2.45, 2.75) is 19.4 Å². The van der Waals surface area contributed by atoms with Crippen molar-refractivity contribution in [1.82, 2.24) is 10.2 Å². The van der Waals surface area contributed by atoms with E-state index in [1.807, 2.05) is 37.3 Å². The van der Waals surface area contributed by atoms with Gasteiger partial charge in [0.15, 0.2) is 0 Å². The molecule has 0 aliphatic carbocycles. The van der Waals surface area contributed by atoms with Crippen LogP contribution in [0, 0.1) is 0 Å². The molecule has 1 aliphatic heterocycles. The van der Waals surface area contributed by atoms with Crippen LogP contribution in [0.15, 0.2) is 78.9 Å². The predicted molar refractivity (Wildman–Crippen MR) is 135 cm³/mol. The molecule has 1 aliphatic rings. The molecular formula is C27H26N4O5. The van der Waals surface area contributed by atoms with Crippen LogP contribution in [0.4, 0.5) is 16.2 Å². The number of nitrogens with zero attached hydrogens (tertiary/aromatic N) is 1. The van der Waals surface area contributed by atoms with Crippen molar-refractivity contribution in [3.8, 4) is 5.75 Å². The van der Waals surface area contributed by atoms with E-state index in [1.165, 1.54) is 0 Å². The van der Waals surface area contributed by atoms with Gasteiger partial charge in [0.1, 0.15) is 18.3 Å². The van der Waals surface area contributed by atoms with Crippen LogP contribution in [0.1, 0.15) is 22.8 Å². The second-order valence-corrected chi connectivity index (χ2v) is 8.15. The maximum Gasteiger partial charge on any atom is 0.325 e. The van der Waals surface area contributed by atoms with Crippen LogP contribution in [-0.2, 0) is 16.0 Å². The number of carbonyl (C=O) groups excluding carboxylic acids is 4. The molecule has 0 spiro atoms. The quantitative estimate of drug-likeness (QED) is 0.401. The number of amides is 5. The molecule has 0 saturated carbocycles. The molecule has 5 amide bonds. The fourth-order valence-corrected chi connectivity index (χ4v) is 3.77. The first-order valence-electron chi connectivity index (χ1n) is 11.5. The summed E-state index contributed by atoms with van der Waals surface area (Å²) in [5, 5.41) is 8.07. The third kappa shape index (κ3) is 6.06. The number of anilines is 2. The first kappa shape index (κ1) is 24.5. The molecule has 9 nitrogen and oxygen atoms in total. The molecule has 184 valence electrons. The number of rotatable bonds is 9. The van der Waals surface area contributed by atoms with Gasteiger partial charge in [0.2, 0.25) is 5.91 Å². The third-order valence-corrected chi connectivity index (χ3v) is 5.55. The Morgan fingerprint density at radius 1 is 0.889 bits per heavy atom. The molecule has 1 saturated heterocycles. The summed E-state index contributed by atoms with van der Waals surface area (Å²) in [5.41, 5.74) is 2.37. The van der Waals surface area contributed by atoms with Crippen molar-refractivity contribution in [1.29, 1.82) is 0 Å². The maximum absolute atomic E-state index is 12.6. The molecule has 36 heavy (non-hydrogen) atoms. The van der Waals surface area contributed by atoms with Gasteiger partial charge in [-0.3, -0.25) is 19.3 Å². The molecule has 3 aromatic carbocycles. The summed E-state index contributed by atoms with van der Waals surface area (Å²) in [6, 6.07) is 21.4. The lowest BCUT2D eigenvalue weighted by Crippen LogP contribution is -2.38. The highest BCUT2D eigenvalue weighted by molar-refractivity contribution is 6.08. The number of benzene rings is 3. The van der Waals surface area contributed by atoms with Crippen molar-refractivity contribution in [2.24, 2.45) is 0 Å². The first-order valence-corrected chi connectivity index (χ1v) is 11.5. The van der Waals surface area contributed by atoms with E-state index in [0.717, 1.165) is 16.2 Å². The SMILES string of the molecule is CCOc1ccc(NC(=O)c2ccc(NC(=O)CN3C(=O)NC(Cc4ccccc4)C3=O)cc2)cc1. The smallest absolute Gasteiger partial charge is 0.325 e. The average Bonchev–Trinajstić information content (AvgIpc) is 3.13. The monoisotopic (exact) mass is 486 g/mol. The molecule has 9 heteroatoms. The molecule has 3 aromatic rings. The Hall–Kier alpha value is -4.66. The van der Waals surface area contributed by atoms with Gasteiger partial charge < -0.3 is 20.7 Å². The lowest BCUT2D eigenvalue weighted by molar-refractivity contribution is -0.130. The van der Waals surface area contributed by atoms with Gasteiger partial charge in [0.05, 0.1) is 6.61 Å². The number of urea groups is 1. The molecule has 1 fully saturated rings. The van der Waals surface area contributed by atoms with E-state index in [9.17, 15) is 19.2 Å². The molecule has 4 rings (SSSR count). The molecule has 0 bridgehead atoms. The highest BCUT2D eigenvalue weighted by Gasteiger charge is 2.38. The lowest BCUT2D eigenvalue weighted by atomic mass is 10.1. The van der Waals surface area contributed by atoms with Crippen LogP contribution in [0.5, 0.6) is 5.75 Å². The summed E-state index contributed by atoms with van der Waals surface area (Å²) in [6.45, 7) is 2.05. The summed E-state index contributed by atoms with van der Waals surface area (Å²) >= 11 is 0. The van der Waals surface area contributed by atoms with Gasteiger partial charge in [-0.25, -0.2) is 4.79 Å². The zero-order valence-corrected chi connectivity index (χ0v) is 19.7. The minimum absolute atomic E-state index is 0.305. The number of carbonyl (C=O) groups is 4. The minimum Gasteiger partial charge on any atom is -0.494 e. The van der Waals surface area contributed by atoms with Crippen molar-refractivity contribution < 1.29 is 23.9 Å². The summed E-state index contributed by atoms with van der Waals surface area (Å²) in [5.74, 6) is -0.554. The van der Waals surface area contributed by atoms with E-state index in [2.05, 4.69) is 16.0 Å². The van der Waals surface area contributed by atoms with Crippen LogP contribution in [0.3, 0.4) is 0 Å². The summed E-state index contributed by atoms with van der Waals surface area (Å²) in [6.07, 6.45) is 0.351. The summed E-state index contributed by atoms with van der Waals surface area (Å²) in [4.78, 5) is 50.8. The van der Waals surface area contributed by atoms with Gasteiger partial charge >= 0.3 is 6.03 Å². The van der Waals surface area contributed by atoms with Crippen LogP contribution < -0.4 is 20.7 Å². The van der Waals surface area contributed by atoms with E-state index < -0.39 is 30.4 Å². The lowest BCUT2D eigenvalue weighted by Gasteiger charge is -2.13. The summed E-state index contributed by atoms with van der Waals surface area (Å²) < 4.78 is 5.39. The van der Waals surface area contributed by atoms with Crippen molar-refractivity contribution in [2.75, 3.05) is 23.8 Å². The molecular weight excluding hydrogens is 460 g/mol. The van der Waals surface area contributed by atoms with Crippen LogP contribution in [0.25, 0.3) is 0 Å². The van der Waals surface area contributed by atoms with Crippen LogP contribution >= 0.6 is 0 Å². The van der Waals surface area contributed by atoms with E-state index >= 15 is 0 Å². The van der Waals surface area contributed by atoms with Gasteiger partial charge in [-0.1, -0.05) is 30.3 Å². The minimum atomic E-state index is -0.708. The fraction of sp³-hybridized carbons (Fsp3) is 0.185. The zero-order valence-electron chi connectivity index (χ0n) is 19.7. The molecule has 1 unspecified atom stereocenters. The van der Waals surface area contributed by atoms with Crippen molar-refractivity contribution >= 4 is 35.1 Å². The van der Waals surface area contributed by atoms with Crippen molar-refractivity contribution in [3.05, 3.63) is 90.0 Å². The molecule has 0 aromatic heterocycles. The first-order chi connectivity index (χ1) is 17.4. The highest BCUT2D eigenvalue weighted by Crippen LogP contribution is 2.18. The Morgan fingerprint density at radius 3 is 2.19 bits per heavy atom. The standard InChI is InChI=1S/C27H26N4O5/c1-2-36-22-14-12-21(13-15-22)29-25(33)19-8-10-20(11-9-19)28-24(32)17-31-26(34)23(30-27(31)35)16-18-6-4-3-5-7-18/h3-15,23H,2,16-17H2,1H3,(H,28,32)(H,29,33)(H,30,35). The van der Waals surface area contributed by atoms with Gasteiger partial charge in [0.25, 0.3) is 11.8 Å². The summed E-state index contributed by atoms with van der Waals surface area (Å²) in [7, 11) is 0. The zero-order chi connectivity index (χ0) is 25.5. The second kappa shape index (κ2) is 11.2.